The van der Waals surface area contributed by atoms with Crippen molar-refractivity contribution in [1.29, 1.82) is 0 Å². The van der Waals surface area contributed by atoms with Crippen LogP contribution in [0.15, 0.2) is 23.0 Å². The summed E-state index contributed by atoms with van der Waals surface area (Å²) in [5.74, 6) is 0.915. The van der Waals surface area contributed by atoms with Gasteiger partial charge in [-0.3, -0.25) is 9.36 Å². The van der Waals surface area contributed by atoms with Crippen molar-refractivity contribution in [3.63, 3.8) is 0 Å². The molecule has 3 rings (SSSR count). The number of hydrogen-bond acceptors (Lipinski definition) is 2. The van der Waals surface area contributed by atoms with E-state index in [0.717, 1.165) is 35.1 Å². The van der Waals surface area contributed by atoms with Crippen molar-refractivity contribution < 1.29 is 0 Å². The van der Waals surface area contributed by atoms with Gasteiger partial charge in [-0.1, -0.05) is 32.9 Å². The highest BCUT2D eigenvalue weighted by atomic mass is 16.1. The second-order valence-corrected chi connectivity index (χ2v) is 6.56. The molecule has 0 unspecified atom stereocenters. The Balaban J connectivity index is 2.44. The molecule has 2 aromatic rings. The molecule has 0 atom stereocenters. The topological polar surface area (TPSA) is 34.9 Å². The van der Waals surface area contributed by atoms with E-state index in [1.165, 1.54) is 0 Å². The highest BCUT2D eigenvalue weighted by molar-refractivity contribution is 5.81. The van der Waals surface area contributed by atoms with Crippen LogP contribution in [0.3, 0.4) is 0 Å². The molecule has 3 heteroatoms. The predicted octanol–water partition coefficient (Wildman–Crippen LogP) is 3.34. The minimum absolute atomic E-state index is 0.111. The summed E-state index contributed by atoms with van der Waals surface area (Å²) in [6.07, 6.45) is 2.20. The zero-order valence-electron chi connectivity index (χ0n) is 12.0. The first kappa shape index (κ1) is 12.4. The Labute approximate surface area is 113 Å². The van der Waals surface area contributed by atoms with E-state index in [1.54, 1.807) is 0 Å². The molecule has 19 heavy (non-hydrogen) atoms. The number of benzene rings is 1. The third-order valence-electron chi connectivity index (χ3n) is 3.72. The standard InChI is InChI=1S/C16H20N2O/c1-10-6-5-7-12-13(10)14(19)18(11-8-9-11)15(17-12)16(2,3)4/h5-7,11H,8-9H2,1-4H3. The van der Waals surface area contributed by atoms with E-state index in [1.807, 2.05) is 29.7 Å². The van der Waals surface area contributed by atoms with Crippen molar-refractivity contribution >= 4 is 10.9 Å². The maximum absolute atomic E-state index is 12.8. The van der Waals surface area contributed by atoms with E-state index in [2.05, 4.69) is 20.8 Å². The summed E-state index contributed by atoms with van der Waals surface area (Å²) in [6, 6.07) is 6.26. The van der Waals surface area contributed by atoms with Crippen molar-refractivity contribution in [2.45, 2.75) is 52.0 Å². The van der Waals surface area contributed by atoms with Crippen LogP contribution in [0.25, 0.3) is 10.9 Å². The van der Waals surface area contributed by atoms with Gasteiger partial charge in [-0.05, 0) is 31.4 Å². The van der Waals surface area contributed by atoms with Crippen LogP contribution < -0.4 is 5.56 Å². The van der Waals surface area contributed by atoms with E-state index >= 15 is 0 Å². The first-order valence-corrected chi connectivity index (χ1v) is 6.92. The molecule has 0 spiro atoms. The normalized spacial score (nSPS) is 16.0. The average Bonchev–Trinajstić information content (AvgIpc) is 3.11. The van der Waals surface area contributed by atoms with E-state index < -0.39 is 0 Å². The Morgan fingerprint density at radius 3 is 2.53 bits per heavy atom. The summed E-state index contributed by atoms with van der Waals surface area (Å²) < 4.78 is 1.94. The molecule has 100 valence electrons. The van der Waals surface area contributed by atoms with Gasteiger partial charge in [0.1, 0.15) is 5.82 Å². The lowest BCUT2D eigenvalue weighted by molar-refractivity contribution is 0.485. The summed E-state index contributed by atoms with van der Waals surface area (Å²) in [4.78, 5) is 17.6. The van der Waals surface area contributed by atoms with Crippen molar-refractivity contribution in [2.24, 2.45) is 0 Å². The molecular formula is C16H20N2O. The molecule has 0 N–H and O–H groups in total. The number of nitrogens with zero attached hydrogens (tertiary/aromatic N) is 2. The first-order valence-electron chi connectivity index (χ1n) is 6.92. The van der Waals surface area contributed by atoms with Gasteiger partial charge in [-0.15, -0.1) is 0 Å². The fourth-order valence-corrected chi connectivity index (χ4v) is 2.61. The predicted molar refractivity (Wildman–Crippen MR) is 77.7 cm³/mol. The summed E-state index contributed by atoms with van der Waals surface area (Å²) in [5, 5.41) is 0.780. The SMILES string of the molecule is Cc1cccc2nc(C(C)(C)C)n(C3CC3)c(=O)c12. The average molecular weight is 256 g/mol. The van der Waals surface area contributed by atoms with Gasteiger partial charge >= 0.3 is 0 Å². The van der Waals surface area contributed by atoms with Crippen molar-refractivity contribution in [3.05, 3.63) is 39.9 Å². The van der Waals surface area contributed by atoms with Crippen LogP contribution in [0.5, 0.6) is 0 Å². The van der Waals surface area contributed by atoms with Gasteiger partial charge in [-0.2, -0.15) is 0 Å². The van der Waals surface area contributed by atoms with Gasteiger partial charge < -0.3 is 0 Å². The summed E-state index contributed by atoms with van der Waals surface area (Å²) in [7, 11) is 0. The molecule has 0 amide bonds. The van der Waals surface area contributed by atoms with Crippen LogP contribution in [0.4, 0.5) is 0 Å². The molecule has 3 nitrogen and oxygen atoms in total. The molecule has 1 aliphatic rings. The van der Waals surface area contributed by atoms with E-state index in [4.69, 9.17) is 4.98 Å². The van der Waals surface area contributed by atoms with Crippen molar-refractivity contribution in [2.75, 3.05) is 0 Å². The molecule has 0 saturated heterocycles. The van der Waals surface area contributed by atoms with Gasteiger partial charge in [0.2, 0.25) is 0 Å². The zero-order chi connectivity index (χ0) is 13.8. The maximum atomic E-state index is 12.8. The number of aromatic nitrogens is 2. The molecule has 1 saturated carbocycles. The van der Waals surface area contributed by atoms with E-state index in [9.17, 15) is 4.79 Å². The number of rotatable bonds is 1. The lowest BCUT2D eigenvalue weighted by atomic mass is 9.94. The third kappa shape index (κ3) is 1.97. The van der Waals surface area contributed by atoms with Crippen LogP contribution in [0.1, 0.15) is 51.0 Å². The highest BCUT2D eigenvalue weighted by Crippen LogP contribution is 2.37. The molecule has 0 aliphatic heterocycles. The molecule has 1 aromatic carbocycles. The van der Waals surface area contributed by atoms with Crippen LogP contribution in [0.2, 0.25) is 0 Å². The van der Waals surface area contributed by atoms with Gasteiger partial charge in [0.15, 0.2) is 0 Å². The largest absolute Gasteiger partial charge is 0.293 e. The highest BCUT2D eigenvalue weighted by Gasteiger charge is 2.32. The van der Waals surface area contributed by atoms with E-state index in [0.29, 0.717) is 6.04 Å². The molecule has 0 radical (unpaired) electrons. The number of aryl methyl sites for hydroxylation is 1. The lowest BCUT2D eigenvalue weighted by Gasteiger charge is -2.23. The fraction of sp³-hybridized carbons (Fsp3) is 0.500. The van der Waals surface area contributed by atoms with Crippen molar-refractivity contribution in [3.8, 4) is 0 Å². The smallest absolute Gasteiger partial charge is 0.261 e. The molecular weight excluding hydrogens is 236 g/mol. The van der Waals surface area contributed by atoms with E-state index in [-0.39, 0.29) is 11.0 Å². The van der Waals surface area contributed by atoms with Gasteiger partial charge in [-0.25, -0.2) is 4.98 Å². The number of hydrogen-bond donors (Lipinski definition) is 0. The Hall–Kier alpha value is -1.64. The monoisotopic (exact) mass is 256 g/mol. The lowest BCUT2D eigenvalue weighted by Crippen LogP contribution is -2.31. The van der Waals surface area contributed by atoms with Crippen LogP contribution >= 0.6 is 0 Å². The summed E-state index contributed by atoms with van der Waals surface area (Å²) >= 11 is 0. The van der Waals surface area contributed by atoms with Crippen LogP contribution in [0, 0.1) is 6.92 Å². The second kappa shape index (κ2) is 3.92. The van der Waals surface area contributed by atoms with Crippen LogP contribution in [-0.4, -0.2) is 9.55 Å². The van der Waals surface area contributed by atoms with Crippen molar-refractivity contribution in [1.82, 2.24) is 9.55 Å². The summed E-state index contributed by atoms with van der Waals surface area (Å²) in [5.41, 5.74) is 1.87. The molecule has 1 aliphatic carbocycles. The van der Waals surface area contributed by atoms with Gasteiger partial charge in [0.05, 0.1) is 10.9 Å². The zero-order valence-corrected chi connectivity index (χ0v) is 12.0. The quantitative estimate of drug-likeness (QED) is 0.784. The molecule has 1 fully saturated rings. The van der Waals surface area contributed by atoms with Gasteiger partial charge in [0, 0.05) is 11.5 Å². The molecule has 0 bridgehead atoms. The molecule has 1 aromatic heterocycles. The van der Waals surface area contributed by atoms with Crippen LogP contribution in [-0.2, 0) is 5.41 Å². The Kier molecular flexibility index (Phi) is 2.56. The maximum Gasteiger partial charge on any atom is 0.261 e. The Bertz CT molecular complexity index is 703. The first-order chi connectivity index (χ1) is 8.89. The Morgan fingerprint density at radius 2 is 1.95 bits per heavy atom. The second-order valence-electron chi connectivity index (χ2n) is 6.56. The Morgan fingerprint density at radius 1 is 1.26 bits per heavy atom. The fourth-order valence-electron chi connectivity index (χ4n) is 2.61. The minimum atomic E-state index is -0.111. The third-order valence-corrected chi connectivity index (χ3v) is 3.72. The minimum Gasteiger partial charge on any atom is -0.293 e. The summed E-state index contributed by atoms with van der Waals surface area (Å²) in [6.45, 7) is 8.35. The number of fused-ring (bicyclic) bond motifs is 1. The molecule has 1 heterocycles. The van der Waals surface area contributed by atoms with Gasteiger partial charge in [0.25, 0.3) is 5.56 Å².